The normalized spacial score (nSPS) is 21.8. The van der Waals surface area contributed by atoms with Gasteiger partial charge in [0.25, 0.3) is 0 Å². The molecule has 8 nitrogen and oxygen atoms in total. The molecule has 164 valence electrons. The molecule has 4 rings (SSSR count). The summed E-state index contributed by atoms with van der Waals surface area (Å²) < 4.78 is 5.46. The van der Waals surface area contributed by atoms with Crippen LogP contribution in [-0.4, -0.2) is 57.9 Å². The van der Waals surface area contributed by atoms with Crippen molar-refractivity contribution in [2.24, 2.45) is 11.8 Å². The lowest BCUT2D eigenvalue weighted by atomic mass is 9.97. The van der Waals surface area contributed by atoms with Gasteiger partial charge in [0.1, 0.15) is 5.60 Å². The van der Waals surface area contributed by atoms with Gasteiger partial charge in [-0.2, -0.15) is 0 Å². The number of carbonyl (C=O) groups is 3. The maximum Gasteiger partial charge on any atom is 0.410 e. The second-order valence-corrected chi connectivity index (χ2v) is 10.5. The highest BCUT2D eigenvalue weighted by Crippen LogP contribution is 2.33. The third-order valence-corrected chi connectivity index (χ3v) is 6.64. The molecule has 3 amide bonds. The molecule has 1 atom stereocenters. The first kappa shape index (κ1) is 21.1. The van der Waals surface area contributed by atoms with Gasteiger partial charge in [-0.25, -0.2) is 9.78 Å². The highest BCUT2D eigenvalue weighted by Gasteiger charge is 2.37. The Bertz CT molecular complexity index is 843. The highest BCUT2D eigenvalue weighted by atomic mass is 32.1. The number of amides is 3. The maximum absolute atomic E-state index is 12.8. The zero-order valence-electron chi connectivity index (χ0n) is 17.9. The van der Waals surface area contributed by atoms with Crippen molar-refractivity contribution in [2.75, 3.05) is 25.0 Å². The number of aromatic nitrogens is 1. The van der Waals surface area contributed by atoms with Gasteiger partial charge in [0.15, 0.2) is 5.13 Å². The van der Waals surface area contributed by atoms with Crippen LogP contribution in [0.1, 0.15) is 57.0 Å². The molecule has 2 fully saturated rings. The molecule has 3 aliphatic rings. The largest absolute Gasteiger partial charge is 0.444 e. The van der Waals surface area contributed by atoms with Crippen molar-refractivity contribution in [3.05, 3.63) is 10.6 Å². The minimum Gasteiger partial charge on any atom is -0.444 e. The molecule has 0 aromatic carbocycles. The average Bonchev–Trinajstić information content (AvgIpc) is 3.46. The molecule has 0 radical (unpaired) electrons. The predicted octanol–water partition coefficient (Wildman–Crippen LogP) is 3.02. The van der Waals surface area contributed by atoms with Gasteiger partial charge in [-0.3, -0.25) is 9.59 Å². The summed E-state index contributed by atoms with van der Waals surface area (Å²) >= 11 is 1.42. The molecule has 0 bridgehead atoms. The molecule has 1 aliphatic carbocycles. The van der Waals surface area contributed by atoms with E-state index in [9.17, 15) is 14.4 Å². The van der Waals surface area contributed by atoms with Crippen LogP contribution in [0.3, 0.4) is 0 Å². The van der Waals surface area contributed by atoms with Gasteiger partial charge in [-0.15, -0.1) is 0 Å². The summed E-state index contributed by atoms with van der Waals surface area (Å²) in [5.41, 5.74) is 0.406. The fraction of sp³-hybridized carbons (Fsp3) is 0.714. The minimum atomic E-state index is -0.529. The number of hydrogen-bond donors (Lipinski definition) is 1. The Labute approximate surface area is 181 Å². The minimum absolute atomic E-state index is 0.0709. The zero-order valence-corrected chi connectivity index (χ0v) is 18.7. The molecule has 1 saturated carbocycles. The summed E-state index contributed by atoms with van der Waals surface area (Å²) in [5.74, 6) is 0.129. The molecular weight excluding hydrogens is 404 g/mol. The third-order valence-electron chi connectivity index (χ3n) is 5.64. The van der Waals surface area contributed by atoms with Crippen LogP contribution in [-0.2, 0) is 27.3 Å². The number of likely N-dealkylation sites (tertiary alicyclic amines) is 1. The van der Waals surface area contributed by atoms with E-state index in [1.807, 2.05) is 25.7 Å². The first-order chi connectivity index (χ1) is 14.2. The van der Waals surface area contributed by atoms with E-state index < -0.39 is 5.60 Å². The first-order valence-corrected chi connectivity index (χ1v) is 11.6. The number of nitrogens with one attached hydrogen (secondary N) is 1. The Hall–Kier alpha value is -2.16. The average molecular weight is 435 g/mol. The number of hydrogen-bond acceptors (Lipinski definition) is 6. The zero-order chi connectivity index (χ0) is 21.5. The Morgan fingerprint density at radius 2 is 1.87 bits per heavy atom. The van der Waals surface area contributed by atoms with Crippen LogP contribution in [0.25, 0.3) is 0 Å². The van der Waals surface area contributed by atoms with Gasteiger partial charge in [0.2, 0.25) is 11.8 Å². The molecule has 1 aromatic rings. The van der Waals surface area contributed by atoms with Crippen LogP contribution >= 0.6 is 11.3 Å². The van der Waals surface area contributed by atoms with E-state index in [-0.39, 0.29) is 29.7 Å². The second kappa shape index (κ2) is 8.17. The van der Waals surface area contributed by atoms with E-state index in [0.29, 0.717) is 31.2 Å². The first-order valence-electron chi connectivity index (χ1n) is 10.8. The summed E-state index contributed by atoms with van der Waals surface area (Å²) in [7, 11) is 0. The molecule has 0 spiro atoms. The Balaban J connectivity index is 1.34. The van der Waals surface area contributed by atoms with Crippen LogP contribution in [0.15, 0.2) is 0 Å². The summed E-state index contributed by atoms with van der Waals surface area (Å²) in [5, 5.41) is 3.52. The molecule has 30 heavy (non-hydrogen) atoms. The van der Waals surface area contributed by atoms with Crippen molar-refractivity contribution in [1.29, 1.82) is 0 Å². The van der Waals surface area contributed by atoms with E-state index in [0.717, 1.165) is 42.8 Å². The molecular formula is C21H30N4O4S. The highest BCUT2D eigenvalue weighted by molar-refractivity contribution is 7.15. The topological polar surface area (TPSA) is 91.8 Å². The smallest absolute Gasteiger partial charge is 0.410 e. The van der Waals surface area contributed by atoms with Crippen LogP contribution in [0, 0.1) is 11.8 Å². The van der Waals surface area contributed by atoms with Crippen LogP contribution < -0.4 is 5.32 Å². The van der Waals surface area contributed by atoms with E-state index in [1.165, 1.54) is 11.3 Å². The third kappa shape index (κ3) is 4.94. The van der Waals surface area contributed by atoms with Gasteiger partial charge < -0.3 is 19.9 Å². The Kier molecular flexibility index (Phi) is 5.74. The number of anilines is 1. The number of carbonyl (C=O) groups excluding carboxylic acids is 3. The second-order valence-electron chi connectivity index (χ2n) is 9.43. The summed E-state index contributed by atoms with van der Waals surface area (Å²) in [6, 6.07) is 0. The predicted molar refractivity (Wildman–Crippen MR) is 113 cm³/mol. The molecule has 1 saturated heterocycles. The quantitative estimate of drug-likeness (QED) is 0.790. The fourth-order valence-corrected chi connectivity index (χ4v) is 4.95. The van der Waals surface area contributed by atoms with Crippen LogP contribution in [0.2, 0.25) is 0 Å². The van der Waals surface area contributed by atoms with Crippen molar-refractivity contribution in [2.45, 2.75) is 65.0 Å². The lowest BCUT2D eigenvalue weighted by molar-refractivity contribution is -0.135. The number of piperidine rings is 1. The molecule has 2 aliphatic heterocycles. The van der Waals surface area contributed by atoms with Crippen LogP contribution in [0.5, 0.6) is 0 Å². The van der Waals surface area contributed by atoms with Gasteiger partial charge in [0, 0.05) is 36.9 Å². The SMILES string of the molecule is CC(C)(C)OC(=O)N1CCc2nc(NC(=O)C3CCCN(C(=O)C4CC4)C3)sc2C1. The molecule has 9 heteroatoms. The Morgan fingerprint density at radius 3 is 2.57 bits per heavy atom. The summed E-state index contributed by atoms with van der Waals surface area (Å²) in [6.07, 6.45) is 3.94. The number of rotatable bonds is 3. The van der Waals surface area contributed by atoms with Crippen molar-refractivity contribution >= 4 is 34.4 Å². The van der Waals surface area contributed by atoms with Gasteiger partial charge in [-0.1, -0.05) is 11.3 Å². The molecule has 1 unspecified atom stereocenters. The lowest BCUT2D eigenvalue weighted by Crippen LogP contribution is -2.44. The summed E-state index contributed by atoms with van der Waals surface area (Å²) in [6.45, 7) is 7.82. The Morgan fingerprint density at radius 1 is 1.10 bits per heavy atom. The van der Waals surface area contributed by atoms with Crippen molar-refractivity contribution < 1.29 is 19.1 Å². The number of fused-ring (bicyclic) bond motifs is 1. The van der Waals surface area contributed by atoms with E-state index >= 15 is 0 Å². The van der Waals surface area contributed by atoms with Gasteiger partial charge in [0.05, 0.1) is 18.2 Å². The molecule has 3 heterocycles. The fourth-order valence-electron chi connectivity index (χ4n) is 3.92. The van der Waals surface area contributed by atoms with Crippen molar-refractivity contribution in [3.8, 4) is 0 Å². The monoisotopic (exact) mass is 434 g/mol. The number of thiazole rings is 1. The molecule has 1 aromatic heterocycles. The van der Waals surface area contributed by atoms with Crippen molar-refractivity contribution in [3.63, 3.8) is 0 Å². The molecule has 1 N–H and O–H groups in total. The number of ether oxygens (including phenoxy) is 1. The van der Waals surface area contributed by atoms with E-state index in [1.54, 1.807) is 4.90 Å². The van der Waals surface area contributed by atoms with Gasteiger partial charge >= 0.3 is 6.09 Å². The van der Waals surface area contributed by atoms with E-state index in [4.69, 9.17) is 4.74 Å². The summed E-state index contributed by atoms with van der Waals surface area (Å²) in [4.78, 5) is 46.6. The number of nitrogens with zero attached hydrogens (tertiary/aromatic N) is 3. The van der Waals surface area contributed by atoms with Crippen molar-refractivity contribution in [1.82, 2.24) is 14.8 Å². The van der Waals surface area contributed by atoms with Crippen LogP contribution in [0.4, 0.5) is 9.93 Å². The lowest BCUT2D eigenvalue weighted by Gasteiger charge is -2.32. The van der Waals surface area contributed by atoms with E-state index in [2.05, 4.69) is 10.3 Å². The maximum atomic E-state index is 12.8. The standard InChI is InChI=1S/C21H30N4O4S/c1-21(2,3)29-20(28)25-10-8-15-16(12-25)30-19(22-15)23-17(26)14-5-4-9-24(11-14)18(27)13-6-7-13/h13-14H,4-12H2,1-3H3,(H,22,23,26). The van der Waals surface area contributed by atoms with Gasteiger partial charge in [-0.05, 0) is 46.5 Å².